The number of alkyl halides is 1. The van der Waals surface area contributed by atoms with Gasteiger partial charge >= 0.3 is 5.97 Å². The maximum atomic E-state index is 11.9. The lowest BCUT2D eigenvalue weighted by atomic mass is 10.3. The van der Waals surface area contributed by atoms with Crippen LogP contribution in [0.4, 0.5) is 4.39 Å². The molecule has 0 unspecified atom stereocenters. The molecular weight excluding hydrogens is 173 g/mol. The fourth-order valence-electron chi connectivity index (χ4n) is 0.847. The third-order valence-corrected chi connectivity index (χ3v) is 1.49. The van der Waals surface area contributed by atoms with Gasteiger partial charge in [0.05, 0.1) is 6.61 Å². The van der Waals surface area contributed by atoms with E-state index in [2.05, 4.69) is 6.58 Å². The van der Waals surface area contributed by atoms with Crippen LogP contribution in [-0.4, -0.2) is 44.3 Å². The molecule has 3 nitrogen and oxygen atoms in total. The number of likely N-dealkylation sites (N-methyl/N-ethyl adjacent to an activating group) is 1. The fourth-order valence-corrected chi connectivity index (χ4v) is 0.847. The number of nitrogens with zero attached hydrogens (tertiary/aromatic N) is 1. The smallest absolute Gasteiger partial charge is 0.334 e. The molecule has 0 fully saturated rings. The molecule has 0 aliphatic heterocycles. The van der Waals surface area contributed by atoms with Crippen molar-refractivity contribution < 1.29 is 13.9 Å². The zero-order valence-electron chi connectivity index (χ0n) is 8.18. The molecule has 0 radical (unpaired) electrons. The van der Waals surface area contributed by atoms with E-state index in [1.807, 2.05) is 0 Å². The molecule has 4 heteroatoms. The van der Waals surface area contributed by atoms with Crippen molar-refractivity contribution in [3.05, 3.63) is 12.2 Å². The molecular formula is C9H16FNO2. The molecule has 0 saturated carbocycles. The molecule has 13 heavy (non-hydrogen) atoms. The van der Waals surface area contributed by atoms with Crippen molar-refractivity contribution in [2.75, 3.05) is 33.4 Å². The summed E-state index contributed by atoms with van der Waals surface area (Å²) >= 11 is 0. The van der Waals surface area contributed by atoms with Crippen LogP contribution in [0.1, 0.15) is 6.92 Å². The van der Waals surface area contributed by atoms with E-state index in [1.165, 1.54) is 0 Å². The van der Waals surface area contributed by atoms with Gasteiger partial charge in [0.25, 0.3) is 0 Å². The minimum atomic E-state index is -0.424. The first-order valence-corrected chi connectivity index (χ1v) is 4.21. The zero-order chi connectivity index (χ0) is 10.3. The molecule has 0 aromatic carbocycles. The van der Waals surface area contributed by atoms with Crippen molar-refractivity contribution in [3.8, 4) is 0 Å². The van der Waals surface area contributed by atoms with Gasteiger partial charge in [-0.25, -0.2) is 9.18 Å². The van der Waals surface area contributed by atoms with E-state index in [4.69, 9.17) is 4.74 Å². The molecule has 0 spiro atoms. The molecule has 0 atom stereocenters. The summed E-state index contributed by atoms with van der Waals surface area (Å²) in [4.78, 5) is 12.7. The van der Waals surface area contributed by atoms with Crippen LogP contribution in [0.3, 0.4) is 0 Å². The topological polar surface area (TPSA) is 29.5 Å². The first kappa shape index (κ1) is 12.1. The summed E-state index contributed by atoms with van der Waals surface area (Å²) in [5, 5.41) is 0. The van der Waals surface area contributed by atoms with Crippen molar-refractivity contribution in [3.63, 3.8) is 0 Å². The second kappa shape index (κ2) is 6.60. The SMILES string of the molecule is C=C(CN(C)CCF)C(=O)OCC. The summed E-state index contributed by atoms with van der Waals surface area (Å²) in [5.41, 5.74) is 0.359. The predicted molar refractivity (Wildman–Crippen MR) is 49.2 cm³/mol. The second-order valence-corrected chi connectivity index (χ2v) is 2.75. The second-order valence-electron chi connectivity index (χ2n) is 2.75. The number of esters is 1. The Bertz CT molecular complexity index is 182. The molecule has 0 aliphatic rings. The van der Waals surface area contributed by atoms with E-state index in [9.17, 15) is 9.18 Å². The number of carbonyl (C=O) groups is 1. The lowest BCUT2D eigenvalue weighted by Crippen LogP contribution is -2.26. The molecule has 0 amide bonds. The summed E-state index contributed by atoms with van der Waals surface area (Å²) in [5.74, 6) is -0.409. The molecule has 76 valence electrons. The van der Waals surface area contributed by atoms with Crippen LogP contribution in [-0.2, 0) is 9.53 Å². The standard InChI is InChI=1S/C9H16FNO2/c1-4-13-9(12)8(2)7-11(3)6-5-10/h2,4-7H2,1,3H3. The van der Waals surface area contributed by atoms with Gasteiger partial charge in [0.15, 0.2) is 0 Å². The summed E-state index contributed by atoms with van der Waals surface area (Å²) in [6.07, 6.45) is 0. The van der Waals surface area contributed by atoms with E-state index in [0.29, 0.717) is 25.3 Å². The third kappa shape index (κ3) is 5.36. The minimum absolute atomic E-state index is 0.304. The molecule has 0 aromatic rings. The van der Waals surface area contributed by atoms with Crippen molar-refractivity contribution in [2.24, 2.45) is 0 Å². The Balaban J connectivity index is 3.78. The van der Waals surface area contributed by atoms with E-state index >= 15 is 0 Å². The molecule has 0 bridgehead atoms. The molecule has 0 saturated heterocycles. The number of halogens is 1. The average molecular weight is 189 g/mol. The van der Waals surface area contributed by atoms with Gasteiger partial charge in [0.1, 0.15) is 6.67 Å². The monoisotopic (exact) mass is 189 g/mol. The molecule has 0 aliphatic carbocycles. The summed E-state index contributed by atoms with van der Waals surface area (Å²) < 4.78 is 16.6. The molecule has 0 heterocycles. The Morgan fingerprint density at radius 2 is 2.23 bits per heavy atom. The van der Waals surface area contributed by atoms with Crippen LogP contribution in [0, 0.1) is 0 Å². The van der Waals surface area contributed by atoms with Crippen molar-refractivity contribution in [1.29, 1.82) is 0 Å². The number of hydrogen-bond acceptors (Lipinski definition) is 3. The van der Waals surface area contributed by atoms with Gasteiger partial charge in [-0.05, 0) is 14.0 Å². The van der Waals surface area contributed by atoms with Gasteiger partial charge in [-0.15, -0.1) is 0 Å². The highest BCUT2D eigenvalue weighted by Crippen LogP contribution is 1.97. The largest absolute Gasteiger partial charge is 0.463 e. The zero-order valence-corrected chi connectivity index (χ0v) is 8.18. The Kier molecular flexibility index (Phi) is 6.14. The van der Waals surface area contributed by atoms with Gasteiger partial charge in [0, 0.05) is 18.7 Å². The summed E-state index contributed by atoms with van der Waals surface area (Å²) in [6.45, 7) is 5.86. The highest BCUT2D eigenvalue weighted by molar-refractivity contribution is 5.88. The van der Waals surface area contributed by atoms with Crippen molar-refractivity contribution in [1.82, 2.24) is 4.90 Å². The van der Waals surface area contributed by atoms with E-state index in [-0.39, 0.29) is 0 Å². The van der Waals surface area contributed by atoms with Gasteiger partial charge in [-0.3, -0.25) is 4.90 Å². The van der Waals surface area contributed by atoms with Crippen LogP contribution >= 0.6 is 0 Å². The highest BCUT2D eigenvalue weighted by Gasteiger charge is 2.09. The molecule has 0 rings (SSSR count). The Labute approximate surface area is 78.2 Å². The van der Waals surface area contributed by atoms with E-state index < -0.39 is 12.6 Å². The lowest BCUT2D eigenvalue weighted by molar-refractivity contribution is -0.138. The normalized spacial score (nSPS) is 10.2. The first-order chi connectivity index (χ1) is 6.11. The lowest BCUT2D eigenvalue weighted by Gasteiger charge is -2.14. The van der Waals surface area contributed by atoms with Crippen LogP contribution in [0.5, 0.6) is 0 Å². The van der Waals surface area contributed by atoms with Crippen LogP contribution < -0.4 is 0 Å². The Morgan fingerprint density at radius 1 is 1.62 bits per heavy atom. The summed E-state index contributed by atoms with van der Waals surface area (Å²) in [6, 6.07) is 0. The average Bonchev–Trinajstić information content (AvgIpc) is 2.05. The fraction of sp³-hybridized carbons (Fsp3) is 0.667. The molecule has 0 N–H and O–H groups in total. The van der Waals surface area contributed by atoms with Gasteiger partial charge in [-0.2, -0.15) is 0 Å². The van der Waals surface area contributed by atoms with Crippen LogP contribution in [0.15, 0.2) is 12.2 Å². The van der Waals surface area contributed by atoms with Crippen molar-refractivity contribution in [2.45, 2.75) is 6.92 Å². The van der Waals surface area contributed by atoms with Crippen molar-refractivity contribution >= 4 is 5.97 Å². The maximum Gasteiger partial charge on any atom is 0.334 e. The van der Waals surface area contributed by atoms with E-state index in [0.717, 1.165) is 0 Å². The van der Waals surface area contributed by atoms with Crippen LogP contribution in [0.2, 0.25) is 0 Å². The number of rotatable bonds is 6. The Hall–Kier alpha value is -0.900. The number of hydrogen-bond donors (Lipinski definition) is 0. The van der Waals surface area contributed by atoms with Crippen LogP contribution in [0.25, 0.3) is 0 Å². The number of carbonyl (C=O) groups excluding carboxylic acids is 1. The van der Waals surface area contributed by atoms with Gasteiger partial charge in [0.2, 0.25) is 0 Å². The van der Waals surface area contributed by atoms with Gasteiger partial charge < -0.3 is 4.74 Å². The first-order valence-electron chi connectivity index (χ1n) is 4.21. The minimum Gasteiger partial charge on any atom is -0.463 e. The number of ether oxygens (including phenoxy) is 1. The molecule has 0 aromatic heterocycles. The van der Waals surface area contributed by atoms with E-state index in [1.54, 1.807) is 18.9 Å². The Morgan fingerprint density at radius 3 is 2.69 bits per heavy atom. The third-order valence-electron chi connectivity index (χ3n) is 1.49. The highest BCUT2D eigenvalue weighted by atomic mass is 19.1. The quantitative estimate of drug-likeness (QED) is 0.461. The van der Waals surface area contributed by atoms with Gasteiger partial charge in [-0.1, -0.05) is 6.58 Å². The predicted octanol–water partition coefficient (Wildman–Crippen LogP) is 1.01. The maximum absolute atomic E-state index is 11.9. The summed E-state index contributed by atoms with van der Waals surface area (Å²) in [7, 11) is 1.73.